The van der Waals surface area contributed by atoms with Crippen molar-refractivity contribution in [2.24, 2.45) is 5.92 Å². The first-order valence-corrected chi connectivity index (χ1v) is 5.72. The Balaban J connectivity index is 2.34. The normalized spacial score (nSPS) is 20.3. The highest BCUT2D eigenvalue weighted by Gasteiger charge is 2.38. The molecule has 1 unspecified atom stereocenters. The molecule has 0 aromatic carbocycles. The van der Waals surface area contributed by atoms with Gasteiger partial charge in [-0.3, -0.25) is 4.79 Å². The third kappa shape index (κ3) is 3.40. The number of carbonyl (C=O) groups is 1. The van der Waals surface area contributed by atoms with Gasteiger partial charge in [-0.15, -0.1) is 0 Å². The molecule has 0 heterocycles. The number of halogens is 4. The summed E-state index contributed by atoms with van der Waals surface area (Å²) >= 11 is 17.4. The second-order valence-electron chi connectivity index (χ2n) is 2.57. The highest BCUT2D eigenvalue weighted by Crippen LogP contribution is 2.40. The van der Waals surface area contributed by atoms with Crippen LogP contribution in [0.5, 0.6) is 0 Å². The molecule has 0 bridgehead atoms. The molecule has 0 aliphatic heterocycles. The van der Waals surface area contributed by atoms with E-state index in [0.717, 1.165) is 12.8 Å². The summed E-state index contributed by atoms with van der Waals surface area (Å²) in [7, 11) is 0. The third-order valence-electron chi connectivity index (χ3n) is 1.39. The van der Waals surface area contributed by atoms with E-state index in [4.69, 9.17) is 27.9 Å². The standard InChI is InChI=1S/C6H6Br2Cl2O2/c7-6(8,10)5(9)12-4(11)3-1-2-3/h3,5H,1-2H2. The second kappa shape index (κ2) is 4.03. The number of carbonyl (C=O) groups excluding carboxylic acids is 1. The molecule has 1 atom stereocenters. The highest BCUT2D eigenvalue weighted by atomic mass is 79.9. The smallest absolute Gasteiger partial charge is 0.310 e. The number of hydrogen-bond acceptors (Lipinski definition) is 2. The van der Waals surface area contributed by atoms with E-state index in [0.29, 0.717) is 0 Å². The van der Waals surface area contributed by atoms with Crippen molar-refractivity contribution in [3.8, 4) is 0 Å². The molecule has 6 heteroatoms. The van der Waals surface area contributed by atoms with Gasteiger partial charge in [0.15, 0.2) is 0 Å². The maximum atomic E-state index is 11.1. The Morgan fingerprint density at radius 2 is 2.08 bits per heavy atom. The lowest BCUT2D eigenvalue weighted by Crippen LogP contribution is -2.25. The van der Waals surface area contributed by atoms with E-state index in [9.17, 15) is 4.79 Å². The van der Waals surface area contributed by atoms with Gasteiger partial charge in [-0.05, 0) is 44.7 Å². The minimum absolute atomic E-state index is 0.0327. The number of alkyl halides is 4. The van der Waals surface area contributed by atoms with E-state index in [2.05, 4.69) is 31.9 Å². The highest BCUT2D eigenvalue weighted by molar-refractivity contribution is 9.26. The van der Waals surface area contributed by atoms with Gasteiger partial charge in [0.1, 0.15) is 0 Å². The molecule has 0 spiro atoms. The van der Waals surface area contributed by atoms with Gasteiger partial charge in [0.2, 0.25) is 8.26 Å². The van der Waals surface area contributed by atoms with E-state index in [1.807, 2.05) is 0 Å². The van der Waals surface area contributed by atoms with Gasteiger partial charge in [0.05, 0.1) is 5.92 Å². The van der Waals surface area contributed by atoms with Crippen molar-refractivity contribution in [1.29, 1.82) is 0 Å². The van der Waals surface area contributed by atoms with E-state index in [-0.39, 0.29) is 11.9 Å². The van der Waals surface area contributed by atoms with Crippen molar-refractivity contribution in [1.82, 2.24) is 0 Å². The molecule has 0 aromatic heterocycles. The summed E-state index contributed by atoms with van der Waals surface area (Å²) in [5.74, 6) is -0.246. The lowest BCUT2D eigenvalue weighted by Gasteiger charge is -2.18. The molecule has 1 aliphatic rings. The van der Waals surface area contributed by atoms with Gasteiger partial charge in [-0.1, -0.05) is 23.2 Å². The SMILES string of the molecule is O=C(OC(Cl)C(Cl)(Br)Br)C1CC1. The van der Waals surface area contributed by atoms with Crippen molar-refractivity contribution in [3.63, 3.8) is 0 Å². The molecule has 1 saturated carbocycles. The monoisotopic (exact) mass is 338 g/mol. The van der Waals surface area contributed by atoms with Crippen LogP contribution >= 0.6 is 55.1 Å². The summed E-state index contributed by atoms with van der Waals surface area (Å²) in [5.41, 5.74) is -0.910. The van der Waals surface area contributed by atoms with Crippen LogP contribution in [0.3, 0.4) is 0 Å². The van der Waals surface area contributed by atoms with Crippen molar-refractivity contribution < 1.29 is 9.53 Å². The Labute approximate surface area is 97.2 Å². The Kier molecular flexibility index (Phi) is 3.72. The van der Waals surface area contributed by atoms with Crippen molar-refractivity contribution in [2.45, 2.75) is 21.1 Å². The van der Waals surface area contributed by atoms with Crippen molar-refractivity contribution in [3.05, 3.63) is 0 Å². The predicted octanol–water partition coefficient (Wildman–Crippen LogP) is 3.19. The van der Waals surface area contributed by atoms with Gasteiger partial charge in [0.25, 0.3) is 0 Å². The summed E-state index contributed by atoms with van der Waals surface area (Å²) in [4.78, 5) is 11.1. The van der Waals surface area contributed by atoms with E-state index >= 15 is 0 Å². The summed E-state index contributed by atoms with van der Waals surface area (Å²) in [6.45, 7) is 0. The first-order chi connectivity index (χ1) is 5.41. The fourth-order valence-electron chi connectivity index (χ4n) is 0.584. The molecule has 0 amide bonds. The van der Waals surface area contributed by atoms with Crippen LogP contribution in [0.25, 0.3) is 0 Å². The van der Waals surface area contributed by atoms with Crippen LogP contribution in [0.15, 0.2) is 0 Å². The lowest BCUT2D eigenvalue weighted by atomic mass is 10.4. The summed E-state index contributed by atoms with van der Waals surface area (Å²) in [6.07, 6.45) is 1.78. The number of ether oxygens (including phenoxy) is 1. The summed E-state index contributed by atoms with van der Waals surface area (Å²) in [5, 5.41) is 0. The minimum Gasteiger partial charge on any atom is -0.442 e. The Morgan fingerprint density at radius 3 is 2.42 bits per heavy atom. The van der Waals surface area contributed by atoms with Gasteiger partial charge in [-0.25, -0.2) is 0 Å². The van der Waals surface area contributed by atoms with Gasteiger partial charge in [-0.2, -0.15) is 0 Å². The van der Waals surface area contributed by atoms with E-state index in [1.54, 1.807) is 0 Å². The summed E-state index contributed by atoms with van der Waals surface area (Å²) < 4.78 is 3.76. The van der Waals surface area contributed by atoms with E-state index < -0.39 is 8.26 Å². The van der Waals surface area contributed by atoms with Crippen LogP contribution in [0.1, 0.15) is 12.8 Å². The molecule has 0 saturated heterocycles. The average molecular weight is 341 g/mol. The molecule has 70 valence electrons. The molecule has 1 fully saturated rings. The van der Waals surface area contributed by atoms with Crippen molar-refractivity contribution in [2.75, 3.05) is 0 Å². The van der Waals surface area contributed by atoms with E-state index in [1.165, 1.54) is 0 Å². The second-order valence-corrected chi connectivity index (χ2v) is 8.04. The Hall–Kier alpha value is 1.01. The van der Waals surface area contributed by atoms with Crippen LogP contribution in [0.4, 0.5) is 0 Å². The molecule has 1 rings (SSSR count). The zero-order chi connectivity index (χ0) is 9.35. The molecule has 12 heavy (non-hydrogen) atoms. The van der Waals surface area contributed by atoms with Crippen LogP contribution in [0.2, 0.25) is 0 Å². The maximum absolute atomic E-state index is 11.1. The maximum Gasteiger partial charge on any atom is 0.310 e. The average Bonchev–Trinajstić information content (AvgIpc) is 2.65. The first kappa shape index (κ1) is 11.1. The molecular weight excluding hydrogens is 335 g/mol. The molecule has 0 N–H and O–H groups in total. The van der Waals surface area contributed by atoms with Crippen LogP contribution in [0, 0.1) is 5.92 Å². The zero-order valence-corrected chi connectivity index (χ0v) is 10.6. The van der Waals surface area contributed by atoms with Crippen LogP contribution in [-0.2, 0) is 9.53 Å². The van der Waals surface area contributed by atoms with Crippen LogP contribution < -0.4 is 0 Å². The molecule has 0 radical (unpaired) electrons. The number of hydrogen-bond donors (Lipinski definition) is 0. The fourth-order valence-corrected chi connectivity index (χ4v) is 0.903. The number of esters is 1. The van der Waals surface area contributed by atoms with Crippen LogP contribution in [-0.4, -0.2) is 14.2 Å². The fraction of sp³-hybridized carbons (Fsp3) is 0.833. The first-order valence-electron chi connectivity index (χ1n) is 3.32. The van der Waals surface area contributed by atoms with Gasteiger partial charge in [0, 0.05) is 0 Å². The molecule has 0 aromatic rings. The largest absolute Gasteiger partial charge is 0.442 e. The molecular formula is C6H6Br2Cl2O2. The number of rotatable bonds is 3. The topological polar surface area (TPSA) is 26.3 Å². The summed E-state index contributed by atoms with van der Waals surface area (Å²) in [6, 6.07) is 0. The predicted molar refractivity (Wildman–Crippen MR) is 54.9 cm³/mol. The Bertz CT molecular complexity index is 188. The van der Waals surface area contributed by atoms with Crippen molar-refractivity contribution >= 4 is 61.0 Å². The van der Waals surface area contributed by atoms with Gasteiger partial charge >= 0.3 is 5.97 Å². The quantitative estimate of drug-likeness (QED) is 0.582. The molecule has 1 aliphatic carbocycles. The molecule has 2 nitrogen and oxygen atoms in total. The minimum atomic E-state index is -1.08. The lowest BCUT2D eigenvalue weighted by molar-refractivity contribution is -0.146. The zero-order valence-electron chi connectivity index (χ0n) is 5.90. The Morgan fingerprint density at radius 1 is 1.58 bits per heavy atom. The third-order valence-corrected chi connectivity index (χ3v) is 3.47. The van der Waals surface area contributed by atoms with Gasteiger partial charge < -0.3 is 4.74 Å².